The van der Waals surface area contributed by atoms with Gasteiger partial charge in [-0.15, -0.1) is 0 Å². The largest absolute Gasteiger partial charge is 0.478 e. The number of benzene rings is 2. The fraction of sp³-hybridized carbons (Fsp3) is 0.300. The number of halogens is 1. The molecule has 0 unspecified atom stereocenters. The van der Waals surface area contributed by atoms with Gasteiger partial charge in [0.05, 0.1) is 5.56 Å². The average Bonchev–Trinajstić information content (AvgIpc) is 2.62. The van der Waals surface area contributed by atoms with Crippen LogP contribution in [0.1, 0.15) is 39.1 Å². The molecule has 0 aromatic heterocycles. The molecule has 25 heavy (non-hydrogen) atoms. The van der Waals surface area contributed by atoms with Crippen LogP contribution >= 0.6 is 0 Å². The lowest BCUT2D eigenvalue weighted by molar-refractivity contribution is 0.0679. The third-order valence-corrected chi connectivity index (χ3v) is 4.69. The molecule has 5 heteroatoms. The summed E-state index contributed by atoms with van der Waals surface area (Å²) in [6.07, 6.45) is 2.60. The molecular formula is C20H20FNO3. The van der Waals surface area contributed by atoms with Gasteiger partial charge in [-0.25, -0.2) is 9.18 Å². The van der Waals surface area contributed by atoms with E-state index >= 15 is 0 Å². The minimum Gasteiger partial charge on any atom is -0.478 e. The molecule has 1 aliphatic rings. The van der Waals surface area contributed by atoms with Crippen LogP contribution in [0.2, 0.25) is 0 Å². The van der Waals surface area contributed by atoms with Crippen molar-refractivity contribution in [2.45, 2.75) is 19.3 Å². The summed E-state index contributed by atoms with van der Waals surface area (Å²) in [5.41, 5.74) is 1.67. The van der Waals surface area contributed by atoms with Crippen molar-refractivity contribution in [1.29, 1.82) is 0 Å². The molecule has 1 saturated heterocycles. The zero-order valence-corrected chi connectivity index (χ0v) is 13.8. The number of likely N-dealkylation sites (tertiary alicyclic amines) is 1. The lowest BCUT2D eigenvalue weighted by Crippen LogP contribution is -2.38. The third-order valence-electron chi connectivity index (χ3n) is 4.69. The second kappa shape index (κ2) is 7.47. The smallest absolute Gasteiger partial charge is 0.335 e. The zero-order valence-electron chi connectivity index (χ0n) is 13.8. The Morgan fingerprint density at radius 2 is 1.68 bits per heavy atom. The quantitative estimate of drug-likeness (QED) is 0.924. The summed E-state index contributed by atoms with van der Waals surface area (Å²) < 4.78 is 13.3. The fourth-order valence-electron chi connectivity index (χ4n) is 3.28. The van der Waals surface area contributed by atoms with Crippen LogP contribution in [0.5, 0.6) is 0 Å². The molecule has 1 amide bonds. The van der Waals surface area contributed by atoms with E-state index in [1.54, 1.807) is 29.2 Å². The highest BCUT2D eigenvalue weighted by atomic mass is 19.1. The second-order valence-corrected chi connectivity index (χ2v) is 6.45. The SMILES string of the molecule is O=C(O)c1ccc(C(=O)N2CCC(Cc3cccc(F)c3)CC2)cc1. The van der Waals surface area contributed by atoms with E-state index in [-0.39, 0.29) is 17.3 Å². The molecular weight excluding hydrogens is 321 g/mol. The monoisotopic (exact) mass is 341 g/mol. The standard InChI is InChI=1S/C20H20FNO3/c21-18-3-1-2-15(13-18)12-14-8-10-22(11-9-14)19(23)16-4-6-17(7-5-16)20(24)25/h1-7,13-14H,8-12H2,(H,24,25). The lowest BCUT2D eigenvalue weighted by Gasteiger charge is -2.32. The van der Waals surface area contributed by atoms with Gasteiger partial charge in [0, 0.05) is 18.7 Å². The van der Waals surface area contributed by atoms with Crippen LogP contribution < -0.4 is 0 Å². The Bertz CT molecular complexity index is 765. The molecule has 0 radical (unpaired) electrons. The number of carboxylic acids is 1. The van der Waals surface area contributed by atoms with Crippen molar-refractivity contribution in [3.8, 4) is 0 Å². The lowest BCUT2D eigenvalue weighted by atomic mass is 9.90. The molecule has 1 N–H and O–H groups in total. The summed E-state index contributed by atoms with van der Waals surface area (Å²) in [5, 5.41) is 8.91. The van der Waals surface area contributed by atoms with Gasteiger partial charge in [0.2, 0.25) is 0 Å². The maximum absolute atomic E-state index is 13.3. The van der Waals surface area contributed by atoms with Crippen molar-refractivity contribution in [1.82, 2.24) is 4.90 Å². The zero-order chi connectivity index (χ0) is 17.8. The van der Waals surface area contributed by atoms with Gasteiger partial charge in [-0.3, -0.25) is 4.79 Å². The topological polar surface area (TPSA) is 57.6 Å². The summed E-state index contributed by atoms with van der Waals surface area (Å²) in [6.45, 7) is 1.33. The number of hydrogen-bond donors (Lipinski definition) is 1. The molecule has 1 heterocycles. The molecule has 1 fully saturated rings. The molecule has 3 rings (SSSR count). The first-order chi connectivity index (χ1) is 12.0. The predicted molar refractivity (Wildman–Crippen MR) is 92.1 cm³/mol. The van der Waals surface area contributed by atoms with Crippen molar-refractivity contribution < 1.29 is 19.1 Å². The van der Waals surface area contributed by atoms with Gasteiger partial charge in [0.1, 0.15) is 5.82 Å². The van der Waals surface area contributed by atoms with E-state index in [0.717, 1.165) is 24.8 Å². The summed E-state index contributed by atoms with van der Waals surface area (Å²) in [5.74, 6) is -0.839. The number of rotatable bonds is 4. The van der Waals surface area contributed by atoms with Crippen LogP contribution in [0.3, 0.4) is 0 Å². The van der Waals surface area contributed by atoms with E-state index < -0.39 is 5.97 Å². The van der Waals surface area contributed by atoms with Crippen LogP contribution in [0.15, 0.2) is 48.5 Å². The van der Waals surface area contributed by atoms with Crippen molar-refractivity contribution >= 4 is 11.9 Å². The van der Waals surface area contributed by atoms with Crippen LogP contribution in [-0.4, -0.2) is 35.0 Å². The van der Waals surface area contributed by atoms with E-state index in [4.69, 9.17) is 5.11 Å². The predicted octanol–water partition coefficient (Wildman–Crippen LogP) is 3.62. The number of piperidine rings is 1. The first kappa shape index (κ1) is 17.1. The molecule has 0 atom stereocenters. The molecule has 1 aliphatic heterocycles. The van der Waals surface area contributed by atoms with Gasteiger partial charge in [0.25, 0.3) is 5.91 Å². The Morgan fingerprint density at radius 1 is 1.04 bits per heavy atom. The molecule has 2 aromatic rings. The van der Waals surface area contributed by atoms with Crippen molar-refractivity contribution in [2.24, 2.45) is 5.92 Å². The average molecular weight is 341 g/mol. The second-order valence-electron chi connectivity index (χ2n) is 6.45. The summed E-state index contributed by atoms with van der Waals surface area (Å²) in [7, 11) is 0. The normalized spacial score (nSPS) is 15.2. The molecule has 130 valence electrons. The Morgan fingerprint density at radius 3 is 2.28 bits per heavy atom. The van der Waals surface area contributed by atoms with Gasteiger partial charge in [-0.1, -0.05) is 12.1 Å². The molecule has 0 aliphatic carbocycles. The number of carboxylic acid groups (broad SMARTS) is 1. The first-order valence-electron chi connectivity index (χ1n) is 8.40. The van der Waals surface area contributed by atoms with Crippen molar-refractivity contribution in [3.63, 3.8) is 0 Å². The van der Waals surface area contributed by atoms with E-state index in [1.807, 2.05) is 6.07 Å². The van der Waals surface area contributed by atoms with E-state index in [0.29, 0.717) is 24.6 Å². The van der Waals surface area contributed by atoms with Crippen LogP contribution in [0.25, 0.3) is 0 Å². The Labute approximate surface area is 145 Å². The highest BCUT2D eigenvalue weighted by Gasteiger charge is 2.24. The van der Waals surface area contributed by atoms with Gasteiger partial charge in [-0.05, 0) is 67.1 Å². The maximum Gasteiger partial charge on any atom is 0.335 e. The van der Waals surface area contributed by atoms with Gasteiger partial charge >= 0.3 is 5.97 Å². The minimum absolute atomic E-state index is 0.0684. The fourth-order valence-corrected chi connectivity index (χ4v) is 3.28. The maximum atomic E-state index is 13.3. The number of carbonyl (C=O) groups is 2. The molecule has 2 aromatic carbocycles. The Balaban J connectivity index is 1.56. The minimum atomic E-state index is -1.00. The highest BCUT2D eigenvalue weighted by Crippen LogP contribution is 2.23. The molecule has 4 nitrogen and oxygen atoms in total. The number of carbonyl (C=O) groups excluding carboxylic acids is 1. The van der Waals surface area contributed by atoms with Crippen LogP contribution in [0.4, 0.5) is 4.39 Å². The summed E-state index contributed by atoms with van der Waals surface area (Å²) in [6, 6.07) is 12.7. The first-order valence-corrected chi connectivity index (χ1v) is 8.40. The van der Waals surface area contributed by atoms with Gasteiger partial charge < -0.3 is 10.0 Å². The van der Waals surface area contributed by atoms with Crippen molar-refractivity contribution in [3.05, 3.63) is 71.0 Å². The van der Waals surface area contributed by atoms with Gasteiger partial charge in [0.15, 0.2) is 0 Å². The number of amides is 1. The Kier molecular flexibility index (Phi) is 5.12. The Hall–Kier alpha value is -2.69. The van der Waals surface area contributed by atoms with Crippen LogP contribution in [0, 0.1) is 11.7 Å². The van der Waals surface area contributed by atoms with Gasteiger partial charge in [-0.2, -0.15) is 0 Å². The molecule has 0 spiro atoms. The van der Waals surface area contributed by atoms with Crippen molar-refractivity contribution in [2.75, 3.05) is 13.1 Å². The van der Waals surface area contributed by atoms with Crippen LogP contribution in [-0.2, 0) is 6.42 Å². The summed E-state index contributed by atoms with van der Waals surface area (Å²) >= 11 is 0. The number of hydrogen-bond acceptors (Lipinski definition) is 2. The number of nitrogens with zero attached hydrogens (tertiary/aromatic N) is 1. The number of aromatic carboxylic acids is 1. The molecule has 0 bridgehead atoms. The van der Waals surface area contributed by atoms with E-state index in [2.05, 4.69) is 0 Å². The summed E-state index contributed by atoms with van der Waals surface area (Å²) in [4.78, 5) is 25.2. The third kappa shape index (κ3) is 4.24. The molecule has 0 saturated carbocycles. The highest BCUT2D eigenvalue weighted by molar-refractivity contribution is 5.95. The van der Waals surface area contributed by atoms with E-state index in [9.17, 15) is 14.0 Å². The van der Waals surface area contributed by atoms with E-state index in [1.165, 1.54) is 18.2 Å².